The number of carbonyl (C=O) groups excluding carboxylic acids is 1. The molecule has 0 saturated carbocycles. The van der Waals surface area contributed by atoms with Crippen molar-refractivity contribution in [1.29, 1.82) is 5.26 Å². The predicted molar refractivity (Wildman–Crippen MR) is 68.7 cm³/mol. The minimum Gasteiger partial charge on any atom is -0.466 e. The van der Waals surface area contributed by atoms with Crippen LogP contribution in [0.1, 0.15) is 31.4 Å². The van der Waals surface area contributed by atoms with E-state index in [-0.39, 0.29) is 12.0 Å². The Labute approximate surface area is 108 Å². The van der Waals surface area contributed by atoms with Crippen molar-refractivity contribution in [3.05, 3.63) is 35.4 Å². The van der Waals surface area contributed by atoms with Crippen molar-refractivity contribution in [2.75, 3.05) is 6.61 Å². The van der Waals surface area contributed by atoms with Crippen molar-refractivity contribution in [3.8, 4) is 6.07 Å². The van der Waals surface area contributed by atoms with Gasteiger partial charge in [0.15, 0.2) is 0 Å². The summed E-state index contributed by atoms with van der Waals surface area (Å²) in [5.74, 6) is -0.183. The number of nitrogens with one attached hydrogen (secondary N) is 1. The number of nitriles is 1. The standard InChI is InChI=1S/C14H18N2O2/c1-3-18-14(17)8-11(2)16-10-13-6-4-12(9-15)5-7-13/h4-7,11,16H,3,8,10H2,1-2H3. The van der Waals surface area contributed by atoms with Gasteiger partial charge in [-0.1, -0.05) is 12.1 Å². The van der Waals surface area contributed by atoms with Crippen LogP contribution in [0.15, 0.2) is 24.3 Å². The topological polar surface area (TPSA) is 62.1 Å². The van der Waals surface area contributed by atoms with Crippen molar-refractivity contribution in [3.63, 3.8) is 0 Å². The molecule has 1 atom stereocenters. The summed E-state index contributed by atoms with van der Waals surface area (Å²) in [5, 5.41) is 11.9. The molecule has 1 aromatic carbocycles. The van der Waals surface area contributed by atoms with E-state index < -0.39 is 0 Å². The fraction of sp³-hybridized carbons (Fsp3) is 0.429. The van der Waals surface area contributed by atoms with Gasteiger partial charge >= 0.3 is 5.97 Å². The van der Waals surface area contributed by atoms with E-state index in [2.05, 4.69) is 11.4 Å². The molecule has 4 nitrogen and oxygen atoms in total. The first kappa shape index (κ1) is 14.2. The summed E-state index contributed by atoms with van der Waals surface area (Å²) in [6.07, 6.45) is 0.365. The maximum atomic E-state index is 11.3. The van der Waals surface area contributed by atoms with Gasteiger partial charge in [0.2, 0.25) is 0 Å². The van der Waals surface area contributed by atoms with E-state index in [9.17, 15) is 4.79 Å². The quantitative estimate of drug-likeness (QED) is 0.780. The molecule has 18 heavy (non-hydrogen) atoms. The molecule has 0 fully saturated rings. The molecule has 0 aromatic heterocycles. The Hall–Kier alpha value is -1.86. The SMILES string of the molecule is CCOC(=O)CC(C)NCc1ccc(C#N)cc1. The lowest BCUT2D eigenvalue weighted by molar-refractivity contribution is -0.143. The van der Waals surface area contributed by atoms with Crippen LogP contribution in [0.2, 0.25) is 0 Å². The molecule has 0 heterocycles. The summed E-state index contributed by atoms with van der Waals surface area (Å²) in [7, 11) is 0. The van der Waals surface area contributed by atoms with Gasteiger partial charge in [-0.25, -0.2) is 0 Å². The normalized spacial score (nSPS) is 11.6. The molecule has 0 saturated heterocycles. The van der Waals surface area contributed by atoms with Gasteiger partial charge in [0.25, 0.3) is 0 Å². The summed E-state index contributed by atoms with van der Waals surface area (Å²) in [4.78, 5) is 11.3. The van der Waals surface area contributed by atoms with E-state index in [4.69, 9.17) is 10.00 Å². The first-order chi connectivity index (χ1) is 8.65. The van der Waals surface area contributed by atoms with Gasteiger partial charge in [0.1, 0.15) is 0 Å². The van der Waals surface area contributed by atoms with E-state index >= 15 is 0 Å². The van der Waals surface area contributed by atoms with Crippen LogP contribution in [0.4, 0.5) is 0 Å². The third-order valence-corrected chi connectivity index (χ3v) is 2.52. The number of ether oxygens (including phenoxy) is 1. The minimum absolute atomic E-state index is 0.0692. The lowest BCUT2D eigenvalue weighted by Crippen LogP contribution is -2.28. The average Bonchev–Trinajstić information content (AvgIpc) is 2.37. The largest absolute Gasteiger partial charge is 0.466 e. The van der Waals surface area contributed by atoms with E-state index in [0.717, 1.165) is 5.56 Å². The zero-order chi connectivity index (χ0) is 13.4. The number of benzene rings is 1. The summed E-state index contributed by atoms with van der Waals surface area (Å²) in [6.45, 7) is 4.83. The van der Waals surface area contributed by atoms with Crippen LogP contribution in [0, 0.1) is 11.3 Å². The van der Waals surface area contributed by atoms with Gasteiger partial charge in [-0.15, -0.1) is 0 Å². The smallest absolute Gasteiger partial charge is 0.307 e. The Kier molecular flexibility index (Phi) is 5.89. The van der Waals surface area contributed by atoms with E-state index in [1.54, 1.807) is 19.1 Å². The third-order valence-electron chi connectivity index (χ3n) is 2.52. The highest BCUT2D eigenvalue weighted by Gasteiger charge is 2.08. The second-order valence-corrected chi connectivity index (χ2v) is 4.10. The molecular weight excluding hydrogens is 228 g/mol. The van der Waals surface area contributed by atoms with E-state index in [0.29, 0.717) is 25.1 Å². The highest BCUT2D eigenvalue weighted by atomic mass is 16.5. The van der Waals surface area contributed by atoms with Gasteiger partial charge in [0, 0.05) is 12.6 Å². The number of hydrogen-bond acceptors (Lipinski definition) is 4. The van der Waals surface area contributed by atoms with Gasteiger partial charge in [-0.2, -0.15) is 5.26 Å². The Morgan fingerprint density at radius 3 is 2.67 bits per heavy atom. The van der Waals surface area contributed by atoms with Crippen molar-refractivity contribution in [1.82, 2.24) is 5.32 Å². The molecule has 0 amide bonds. The number of esters is 1. The third kappa shape index (κ3) is 4.98. The van der Waals surface area contributed by atoms with Crippen molar-refractivity contribution in [2.24, 2.45) is 0 Å². The molecule has 1 aromatic rings. The van der Waals surface area contributed by atoms with Crippen LogP contribution < -0.4 is 5.32 Å². The van der Waals surface area contributed by atoms with Crippen LogP contribution in [-0.4, -0.2) is 18.6 Å². The first-order valence-electron chi connectivity index (χ1n) is 6.03. The molecule has 0 spiro atoms. The molecule has 0 radical (unpaired) electrons. The lowest BCUT2D eigenvalue weighted by Gasteiger charge is -2.12. The highest BCUT2D eigenvalue weighted by molar-refractivity contribution is 5.70. The molecule has 0 bridgehead atoms. The fourth-order valence-electron chi connectivity index (χ4n) is 1.53. The highest BCUT2D eigenvalue weighted by Crippen LogP contribution is 2.04. The van der Waals surface area contributed by atoms with E-state index in [1.165, 1.54) is 0 Å². The van der Waals surface area contributed by atoms with Crippen LogP contribution in [0.25, 0.3) is 0 Å². The Balaban J connectivity index is 2.35. The minimum atomic E-state index is -0.183. The molecule has 0 aliphatic rings. The Bertz CT molecular complexity index is 420. The molecule has 96 valence electrons. The second-order valence-electron chi connectivity index (χ2n) is 4.10. The summed E-state index contributed by atoms with van der Waals surface area (Å²) < 4.78 is 4.88. The Morgan fingerprint density at radius 1 is 1.44 bits per heavy atom. The molecule has 1 unspecified atom stereocenters. The molecule has 0 aliphatic heterocycles. The zero-order valence-corrected chi connectivity index (χ0v) is 10.8. The van der Waals surface area contributed by atoms with Crippen LogP contribution >= 0.6 is 0 Å². The number of hydrogen-bond donors (Lipinski definition) is 1. The van der Waals surface area contributed by atoms with Crippen molar-refractivity contribution >= 4 is 5.97 Å². The maximum Gasteiger partial charge on any atom is 0.307 e. The summed E-state index contributed by atoms with van der Waals surface area (Å²) in [5.41, 5.74) is 1.74. The maximum absolute atomic E-state index is 11.3. The van der Waals surface area contributed by atoms with Crippen LogP contribution in [-0.2, 0) is 16.1 Å². The van der Waals surface area contributed by atoms with Gasteiger partial charge in [0.05, 0.1) is 24.7 Å². The van der Waals surface area contributed by atoms with Crippen LogP contribution in [0.3, 0.4) is 0 Å². The number of carbonyl (C=O) groups is 1. The molecule has 1 rings (SSSR count). The van der Waals surface area contributed by atoms with Crippen molar-refractivity contribution < 1.29 is 9.53 Å². The summed E-state index contributed by atoms with van der Waals surface area (Å²) >= 11 is 0. The number of nitrogens with zero attached hydrogens (tertiary/aromatic N) is 1. The average molecular weight is 246 g/mol. The zero-order valence-electron chi connectivity index (χ0n) is 10.8. The van der Waals surface area contributed by atoms with Gasteiger partial charge in [-0.3, -0.25) is 4.79 Å². The van der Waals surface area contributed by atoms with Crippen LogP contribution in [0.5, 0.6) is 0 Å². The first-order valence-corrected chi connectivity index (χ1v) is 6.03. The number of rotatable bonds is 6. The lowest BCUT2D eigenvalue weighted by atomic mass is 10.1. The van der Waals surface area contributed by atoms with Crippen molar-refractivity contribution in [2.45, 2.75) is 32.9 Å². The second kappa shape index (κ2) is 7.46. The fourth-order valence-corrected chi connectivity index (χ4v) is 1.53. The van der Waals surface area contributed by atoms with Gasteiger partial charge < -0.3 is 10.1 Å². The predicted octanol–water partition coefficient (Wildman–Crippen LogP) is 1.99. The van der Waals surface area contributed by atoms with Gasteiger partial charge in [-0.05, 0) is 31.5 Å². The molecule has 1 N–H and O–H groups in total. The molecular formula is C14H18N2O2. The van der Waals surface area contributed by atoms with E-state index in [1.807, 2.05) is 19.1 Å². The molecule has 0 aliphatic carbocycles. The monoisotopic (exact) mass is 246 g/mol. The molecule has 4 heteroatoms. The summed E-state index contributed by atoms with van der Waals surface area (Å²) in [6, 6.07) is 9.53. The Morgan fingerprint density at radius 2 is 2.11 bits per heavy atom.